The maximum atomic E-state index is 9.61. The van der Waals surface area contributed by atoms with E-state index < -0.39 is 0 Å². The Labute approximate surface area is 115 Å². The molecule has 0 aliphatic carbocycles. The van der Waals surface area contributed by atoms with E-state index in [2.05, 4.69) is 34.5 Å². The van der Waals surface area contributed by atoms with Gasteiger partial charge in [0.1, 0.15) is 0 Å². The predicted molar refractivity (Wildman–Crippen MR) is 77.1 cm³/mol. The number of hydrogen-bond donors (Lipinski definition) is 2. The zero-order chi connectivity index (χ0) is 13.1. The normalized spacial score (nSPS) is 31.3. The number of benzene rings is 1. The van der Waals surface area contributed by atoms with Gasteiger partial charge in [0.2, 0.25) is 0 Å². The molecule has 0 saturated carbocycles. The van der Waals surface area contributed by atoms with Gasteiger partial charge in [-0.05, 0) is 43.8 Å². The third-order valence-corrected chi connectivity index (χ3v) is 4.65. The van der Waals surface area contributed by atoms with Crippen molar-refractivity contribution in [2.45, 2.75) is 31.3 Å². The van der Waals surface area contributed by atoms with Gasteiger partial charge in [0, 0.05) is 18.6 Å². The van der Waals surface area contributed by atoms with E-state index in [-0.39, 0.29) is 12.6 Å². The lowest BCUT2D eigenvalue weighted by Gasteiger charge is -2.46. The molecule has 3 nitrogen and oxygen atoms in total. The molecule has 3 heteroatoms. The highest BCUT2D eigenvalue weighted by Crippen LogP contribution is 2.27. The molecule has 3 aliphatic rings. The number of aliphatic hydroxyl groups excluding tert-OH is 1. The van der Waals surface area contributed by atoms with E-state index >= 15 is 0 Å². The second-order valence-corrected chi connectivity index (χ2v) is 5.98. The molecule has 0 spiro atoms. The van der Waals surface area contributed by atoms with Crippen molar-refractivity contribution in [1.82, 2.24) is 10.2 Å². The molecule has 1 aromatic carbocycles. The Kier molecular flexibility index (Phi) is 4.16. The number of aliphatic hydroxyl groups is 1. The Hall–Kier alpha value is -0.900. The monoisotopic (exact) mass is 260 g/mol. The van der Waals surface area contributed by atoms with E-state index in [1.54, 1.807) is 0 Å². The summed E-state index contributed by atoms with van der Waals surface area (Å²) in [6.07, 6.45) is 3.56. The number of rotatable bonds is 5. The van der Waals surface area contributed by atoms with Gasteiger partial charge in [0.25, 0.3) is 0 Å². The van der Waals surface area contributed by atoms with Crippen LogP contribution in [0.5, 0.6) is 0 Å². The summed E-state index contributed by atoms with van der Waals surface area (Å²) in [4.78, 5) is 2.55. The fraction of sp³-hybridized carbons (Fsp3) is 0.625. The molecular weight excluding hydrogens is 236 g/mol. The summed E-state index contributed by atoms with van der Waals surface area (Å²) in [6, 6.07) is 11.2. The topological polar surface area (TPSA) is 35.5 Å². The predicted octanol–water partition coefficient (Wildman–Crippen LogP) is 1.27. The minimum Gasteiger partial charge on any atom is -0.395 e. The van der Waals surface area contributed by atoms with Crippen LogP contribution in [0.15, 0.2) is 30.3 Å². The van der Waals surface area contributed by atoms with Gasteiger partial charge in [-0.3, -0.25) is 0 Å². The number of hydrogen-bond acceptors (Lipinski definition) is 3. The van der Waals surface area contributed by atoms with E-state index in [9.17, 15) is 5.11 Å². The van der Waals surface area contributed by atoms with Gasteiger partial charge in [0.05, 0.1) is 6.61 Å². The van der Waals surface area contributed by atoms with Crippen LogP contribution in [0, 0.1) is 5.92 Å². The van der Waals surface area contributed by atoms with Crippen molar-refractivity contribution < 1.29 is 5.11 Å². The molecule has 0 aromatic heterocycles. The average molecular weight is 260 g/mol. The van der Waals surface area contributed by atoms with Crippen LogP contribution >= 0.6 is 0 Å². The first-order chi connectivity index (χ1) is 9.35. The lowest BCUT2D eigenvalue weighted by atomic mass is 9.83. The second-order valence-electron chi connectivity index (χ2n) is 5.98. The van der Waals surface area contributed by atoms with E-state index in [1.165, 1.54) is 31.5 Å². The van der Waals surface area contributed by atoms with Crippen molar-refractivity contribution >= 4 is 0 Å². The van der Waals surface area contributed by atoms with Crippen LogP contribution in [0.4, 0.5) is 0 Å². The lowest BCUT2D eigenvalue weighted by Crippen LogP contribution is -2.58. The van der Waals surface area contributed by atoms with Crippen LogP contribution in [0.25, 0.3) is 0 Å². The zero-order valence-electron chi connectivity index (χ0n) is 11.5. The number of fused-ring (bicyclic) bond motifs is 3. The SMILES string of the molecule is OC[C@@H](Cc1ccccc1)NC1CN2CCC1CC2. The van der Waals surface area contributed by atoms with Gasteiger partial charge in [0.15, 0.2) is 0 Å². The van der Waals surface area contributed by atoms with E-state index in [1.807, 2.05) is 6.07 Å². The fourth-order valence-electron chi connectivity index (χ4n) is 3.53. The van der Waals surface area contributed by atoms with Crippen molar-refractivity contribution in [3.63, 3.8) is 0 Å². The van der Waals surface area contributed by atoms with Crippen LogP contribution in [0.3, 0.4) is 0 Å². The first-order valence-corrected chi connectivity index (χ1v) is 7.48. The smallest absolute Gasteiger partial charge is 0.0587 e. The molecule has 3 heterocycles. The maximum absolute atomic E-state index is 9.61. The van der Waals surface area contributed by atoms with Gasteiger partial charge < -0.3 is 15.3 Å². The summed E-state index contributed by atoms with van der Waals surface area (Å²) in [5, 5.41) is 13.3. The van der Waals surface area contributed by atoms with Crippen LogP contribution in [-0.2, 0) is 6.42 Å². The van der Waals surface area contributed by atoms with E-state index in [4.69, 9.17) is 0 Å². The molecule has 2 bridgehead atoms. The Morgan fingerprint density at radius 1 is 1.21 bits per heavy atom. The van der Waals surface area contributed by atoms with E-state index in [0.29, 0.717) is 6.04 Å². The summed E-state index contributed by atoms with van der Waals surface area (Å²) in [6.45, 7) is 3.92. The van der Waals surface area contributed by atoms with Crippen LogP contribution in [0.2, 0.25) is 0 Å². The van der Waals surface area contributed by atoms with Crippen LogP contribution < -0.4 is 5.32 Å². The molecule has 1 aromatic rings. The van der Waals surface area contributed by atoms with Gasteiger partial charge in [-0.15, -0.1) is 0 Å². The average Bonchev–Trinajstić information content (AvgIpc) is 2.49. The number of piperidine rings is 3. The third-order valence-electron chi connectivity index (χ3n) is 4.65. The minimum atomic E-state index is 0.188. The molecule has 0 amide bonds. The Balaban J connectivity index is 1.58. The highest BCUT2D eigenvalue weighted by molar-refractivity contribution is 5.16. The largest absolute Gasteiger partial charge is 0.395 e. The molecule has 1 unspecified atom stereocenters. The first kappa shape index (κ1) is 13.1. The summed E-state index contributed by atoms with van der Waals surface area (Å²) in [5.41, 5.74) is 1.30. The fourth-order valence-corrected chi connectivity index (χ4v) is 3.53. The second kappa shape index (κ2) is 6.04. The van der Waals surface area contributed by atoms with Gasteiger partial charge in [-0.25, -0.2) is 0 Å². The van der Waals surface area contributed by atoms with E-state index in [0.717, 1.165) is 18.9 Å². The molecule has 0 radical (unpaired) electrons. The van der Waals surface area contributed by atoms with Crippen molar-refractivity contribution in [2.24, 2.45) is 5.92 Å². The van der Waals surface area contributed by atoms with Crippen molar-refractivity contribution in [1.29, 1.82) is 0 Å². The summed E-state index contributed by atoms with van der Waals surface area (Å²) >= 11 is 0. The number of nitrogens with zero attached hydrogens (tertiary/aromatic N) is 1. The first-order valence-electron chi connectivity index (χ1n) is 7.48. The molecule has 2 atom stereocenters. The maximum Gasteiger partial charge on any atom is 0.0587 e. The molecule has 4 rings (SSSR count). The summed E-state index contributed by atoms with van der Waals surface area (Å²) < 4.78 is 0. The van der Waals surface area contributed by atoms with Crippen molar-refractivity contribution in [3.8, 4) is 0 Å². The van der Waals surface area contributed by atoms with Crippen molar-refractivity contribution in [3.05, 3.63) is 35.9 Å². The van der Waals surface area contributed by atoms with Gasteiger partial charge >= 0.3 is 0 Å². The quantitative estimate of drug-likeness (QED) is 0.837. The molecule has 3 fully saturated rings. The number of nitrogens with one attached hydrogen (secondary N) is 1. The zero-order valence-corrected chi connectivity index (χ0v) is 11.5. The molecular formula is C16H24N2O. The van der Waals surface area contributed by atoms with Crippen molar-refractivity contribution in [2.75, 3.05) is 26.2 Å². The molecule has 3 aliphatic heterocycles. The van der Waals surface area contributed by atoms with Gasteiger partial charge in [-0.1, -0.05) is 30.3 Å². The molecule has 104 valence electrons. The Bertz CT molecular complexity index is 387. The molecule has 2 N–H and O–H groups in total. The third kappa shape index (κ3) is 3.16. The molecule has 3 saturated heterocycles. The Morgan fingerprint density at radius 3 is 2.53 bits per heavy atom. The summed E-state index contributed by atoms with van der Waals surface area (Å²) in [5.74, 6) is 0.815. The minimum absolute atomic E-state index is 0.188. The van der Waals surface area contributed by atoms with Crippen LogP contribution in [-0.4, -0.2) is 48.3 Å². The van der Waals surface area contributed by atoms with Gasteiger partial charge in [-0.2, -0.15) is 0 Å². The summed E-state index contributed by atoms with van der Waals surface area (Å²) in [7, 11) is 0. The van der Waals surface area contributed by atoms with Crippen LogP contribution in [0.1, 0.15) is 18.4 Å². The standard InChI is InChI=1S/C16H24N2O/c19-12-15(10-13-4-2-1-3-5-13)17-16-11-18-8-6-14(16)7-9-18/h1-5,14-17,19H,6-12H2/t15-,16?/m1/s1. The highest BCUT2D eigenvalue weighted by atomic mass is 16.3. The lowest BCUT2D eigenvalue weighted by molar-refractivity contribution is 0.0616. The highest BCUT2D eigenvalue weighted by Gasteiger charge is 2.34. The Morgan fingerprint density at radius 2 is 1.95 bits per heavy atom. The molecule has 19 heavy (non-hydrogen) atoms.